The van der Waals surface area contributed by atoms with Crippen molar-refractivity contribution in [1.29, 1.82) is 0 Å². The van der Waals surface area contributed by atoms with Crippen LogP contribution in [0.25, 0.3) is 10.8 Å². The molecule has 0 fully saturated rings. The molecule has 2 aromatic heterocycles. The van der Waals surface area contributed by atoms with Crippen LogP contribution in [0.5, 0.6) is 5.75 Å². The molecule has 4 rings (SSSR count). The molecule has 0 saturated heterocycles. The van der Waals surface area contributed by atoms with Gasteiger partial charge in [-0.05, 0) is 64.2 Å². The molecule has 0 aliphatic rings. The van der Waals surface area contributed by atoms with E-state index in [1.165, 1.54) is 8.96 Å². The molecule has 2 aromatic carbocycles. The molecular formula is C22H19IN4O. The average Bonchev–Trinajstić information content (AvgIpc) is 2.74. The molecular weight excluding hydrogens is 463 g/mol. The Labute approximate surface area is 177 Å². The van der Waals surface area contributed by atoms with Crippen molar-refractivity contribution in [3.63, 3.8) is 0 Å². The van der Waals surface area contributed by atoms with E-state index in [1.54, 1.807) is 18.6 Å². The summed E-state index contributed by atoms with van der Waals surface area (Å²) in [7, 11) is 0. The summed E-state index contributed by atoms with van der Waals surface area (Å²) in [4.78, 5) is 13.1. The first-order chi connectivity index (χ1) is 13.7. The van der Waals surface area contributed by atoms with Gasteiger partial charge in [-0.2, -0.15) is 0 Å². The minimum atomic E-state index is 0.461. The largest absolute Gasteiger partial charge is 0.488 e. The normalized spacial score (nSPS) is 10.8. The van der Waals surface area contributed by atoms with E-state index in [-0.39, 0.29) is 0 Å². The molecule has 140 valence electrons. The van der Waals surface area contributed by atoms with Crippen LogP contribution in [0.4, 0.5) is 11.6 Å². The van der Waals surface area contributed by atoms with Gasteiger partial charge in [0.2, 0.25) is 0 Å². The van der Waals surface area contributed by atoms with Gasteiger partial charge in [-0.25, -0.2) is 9.97 Å². The Hall–Kier alpha value is -2.74. The van der Waals surface area contributed by atoms with E-state index in [2.05, 4.69) is 68.0 Å². The third-order valence-corrected chi connectivity index (χ3v) is 5.29. The lowest BCUT2D eigenvalue weighted by atomic mass is 10.1. The van der Waals surface area contributed by atoms with Crippen LogP contribution in [0.2, 0.25) is 0 Å². The van der Waals surface area contributed by atoms with Crippen molar-refractivity contribution < 1.29 is 4.74 Å². The van der Waals surface area contributed by atoms with Crippen LogP contribution in [-0.2, 0) is 13.0 Å². The van der Waals surface area contributed by atoms with E-state index >= 15 is 0 Å². The molecule has 0 saturated carbocycles. The van der Waals surface area contributed by atoms with Gasteiger partial charge in [0.25, 0.3) is 0 Å². The Kier molecular flexibility index (Phi) is 5.66. The number of hydrogen-bond donors (Lipinski definition) is 1. The van der Waals surface area contributed by atoms with Crippen LogP contribution in [0, 0.1) is 3.57 Å². The van der Waals surface area contributed by atoms with Gasteiger partial charge in [0.05, 0.1) is 11.9 Å². The molecule has 0 aliphatic heterocycles. The summed E-state index contributed by atoms with van der Waals surface area (Å²) in [6.07, 6.45) is 6.08. The van der Waals surface area contributed by atoms with Crippen LogP contribution in [0.1, 0.15) is 18.2 Å². The Balaban J connectivity index is 1.51. The monoisotopic (exact) mass is 482 g/mol. The van der Waals surface area contributed by atoms with E-state index < -0.39 is 0 Å². The fourth-order valence-electron chi connectivity index (χ4n) is 2.92. The molecule has 4 aromatic rings. The highest BCUT2D eigenvalue weighted by molar-refractivity contribution is 14.1. The lowest BCUT2D eigenvalue weighted by Gasteiger charge is -2.11. The van der Waals surface area contributed by atoms with Crippen molar-refractivity contribution in [1.82, 2.24) is 15.0 Å². The molecule has 5 nitrogen and oxygen atoms in total. The first-order valence-corrected chi connectivity index (χ1v) is 10.1. The van der Waals surface area contributed by atoms with Crippen LogP contribution >= 0.6 is 22.6 Å². The van der Waals surface area contributed by atoms with Gasteiger partial charge in [-0.1, -0.05) is 31.2 Å². The number of anilines is 2. The minimum absolute atomic E-state index is 0.461. The number of halogens is 1. The molecule has 0 amide bonds. The number of hydrogen-bond acceptors (Lipinski definition) is 5. The molecule has 0 bridgehead atoms. The molecule has 0 radical (unpaired) electrons. The quantitative estimate of drug-likeness (QED) is 0.367. The predicted octanol–water partition coefficient (Wildman–Crippen LogP) is 5.51. The molecule has 0 atom stereocenters. The number of fused-ring (bicyclic) bond motifs is 1. The van der Waals surface area contributed by atoms with Crippen LogP contribution < -0.4 is 10.1 Å². The third-order valence-electron chi connectivity index (χ3n) is 4.35. The summed E-state index contributed by atoms with van der Waals surface area (Å²) in [5.74, 6) is 2.29. The molecule has 28 heavy (non-hydrogen) atoms. The SMILES string of the molecule is CCc1cncc(Nc2cc(COc3ccc(I)c4ccccc34)ccn2)n1. The number of pyridine rings is 1. The second kappa shape index (κ2) is 8.52. The summed E-state index contributed by atoms with van der Waals surface area (Å²) < 4.78 is 7.33. The van der Waals surface area contributed by atoms with Crippen LogP contribution in [0.3, 0.4) is 0 Å². The van der Waals surface area contributed by atoms with Gasteiger partial charge in [0.1, 0.15) is 24.0 Å². The van der Waals surface area contributed by atoms with Gasteiger partial charge in [0.15, 0.2) is 0 Å². The average molecular weight is 482 g/mol. The zero-order chi connectivity index (χ0) is 19.3. The molecule has 6 heteroatoms. The highest BCUT2D eigenvalue weighted by atomic mass is 127. The Morgan fingerprint density at radius 2 is 1.86 bits per heavy atom. The fraction of sp³-hybridized carbons (Fsp3) is 0.136. The van der Waals surface area contributed by atoms with E-state index in [9.17, 15) is 0 Å². The van der Waals surface area contributed by atoms with Crippen molar-refractivity contribution in [2.75, 3.05) is 5.32 Å². The van der Waals surface area contributed by atoms with Gasteiger partial charge < -0.3 is 10.1 Å². The van der Waals surface area contributed by atoms with Crippen LogP contribution in [-0.4, -0.2) is 15.0 Å². The van der Waals surface area contributed by atoms with Gasteiger partial charge >= 0.3 is 0 Å². The Bertz CT molecular complexity index is 1120. The third kappa shape index (κ3) is 4.22. The molecule has 0 unspecified atom stereocenters. The van der Waals surface area contributed by atoms with E-state index in [0.29, 0.717) is 12.4 Å². The zero-order valence-electron chi connectivity index (χ0n) is 15.4. The van der Waals surface area contributed by atoms with Crippen LogP contribution in [0.15, 0.2) is 67.1 Å². The second-order valence-electron chi connectivity index (χ2n) is 6.30. The maximum atomic E-state index is 6.12. The smallest absolute Gasteiger partial charge is 0.150 e. The molecule has 2 heterocycles. The number of benzene rings is 2. The zero-order valence-corrected chi connectivity index (χ0v) is 17.6. The molecule has 1 N–H and O–H groups in total. The standard InChI is InChI=1S/C22H19IN4O/c1-2-16-12-24-13-22(26-16)27-21-11-15(9-10-25-21)14-28-20-8-7-19(23)17-5-3-4-6-18(17)20/h3-13H,2,14H2,1H3,(H,25,26,27). The van der Waals surface area contributed by atoms with Crippen molar-refractivity contribution in [2.45, 2.75) is 20.0 Å². The van der Waals surface area contributed by atoms with Crippen molar-refractivity contribution in [2.24, 2.45) is 0 Å². The maximum absolute atomic E-state index is 6.12. The summed E-state index contributed by atoms with van der Waals surface area (Å²) in [5, 5.41) is 5.53. The number of nitrogens with one attached hydrogen (secondary N) is 1. The highest BCUT2D eigenvalue weighted by Crippen LogP contribution is 2.30. The van der Waals surface area contributed by atoms with Gasteiger partial charge in [-0.3, -0.25) is 4.98 Å². The van der Waals surface area contributed by atoms with E-state index in [4.69, 9.17) is 4.74 Å². The summed E-state index contributed by atoms with van der Waals surface area (Å²) in [5.41, 5.74) is 1.97. The lowest BCUT2D eigenvalue weighted by Crippen LogP contribution is -2.01. The lowest BCUT2D eigenvalue weighted by molar-refractivity contribution is 0.310. The maximum Gasteiger partial charge on any atom is 0.150 e. The number of aryl methyl sites for hydroxylation is 1. The van der Waals surface area contributed by atoms with Gasteiger partial charge in [0, 0.05) is 21.4 Å². The summed E-state index contributed by atoms with van der Waals surface area (Å²) in [6.45, 7) is 2.51. The number of aromatic nitrogens is 3. The summed E-state index contributed by atoms with van der Waals surface area (Å²) >= 11 is 2.35. The number of rotatable bonds is 6. The molecule has 0 aliphatic carbocycles. The minimum Gasteiger partial charge on any atom is -0.488 e. The highest BCUT2D eigenvalue weighted by Gasteiger charge is 2.06. The fourth-order valence-corrected chi connectivity index (χ4v) is 3.57. The van der Waals surface area contributed by atoms with Crippen molar-refractivity contribution >= 4 is 45.0 Å². The van der Waals surface area contributed by atoms with Crippen molar-refractivity contribution in [3.8, 4) is 5.75 Å². The summed E-state index contributed by atoms with van der Waals surface area (Å²) in [6, 6.07) is 16.3. The molecule has 0 spiro atoms. The van der Waals surface area contributed by atoms with Crippen molar-refractivity contribution in [3.05, 3.63) is 81.9 Å². The number of ether oxygens (including phenoxy) is 1. The second-order valence-corrected chi connectivity index (χ2v) is 7.47. The first-order valence-electron chi connectivity index (χ1n) is 9.06. The van der Waals surface area contributed by atoms with E-state index in [1.807, 2.05) is 30.3 Å². The Morgan fingerprint density at radius 1 is 1.00 bits per heavy atom. The van der Waals surface area contributed by atoms with E-state index in [0.717, 1.165) is 34.6 Å². The first kappa shape index (κ1) is 18.6. The predicted molar refractivity (Wildman–Crippen MR) is 120 cm³/mol. The number of nitrogens with zero attached hydrogens (tertiary/aromatic N) is 3. The Morgan fingerprint density at radius 3 is 2.71 bits per heavy atom. The van der Waals surface area contributed by atoms with Gasteiger partial charge in [-0.15, -0.1) is 0 Å². The topological polar surface area (TPSA) is 59.9 Å².